The number of nitro benzene ring substituents is 1. The number of carbonyl (C=O) groups is 2. The molecule has 4 aromatic rings. The van der Waals surface area contributed by atoms with Crippen molar-refractivity contribution in [1.29, 1.82) is 0 Å². The molecule has 8 nitrogen and oxygen atoms in total. The van der Waals surface area contributed by atoms with Gasteiger partial charge in [-0.05, 0) is 48.4 Å². The molecule has 0 aliphatic heterocycles. The van der Waals surface area contributed by atoms with E-state index in [0.717, 1.165) is 18.2 Å². The third-order valence-corrected chi connectivity index (χ3v) is 5.70. The Morgan fingerprint density at radius 1 is 1.08 bits per heavy atom. The van der Waals surface area contributed by atoms with Gasteiger partial charge in [0.2, 0.25) is 0 Å². The lowest BCUT2D eigenvalue weighted by molar-refractivity contribution is -0.384. The number of nitro groups is 1. The summed E-state index contributed by atoms with van der Waals surface area (Å²) >= 11 is 0. The molecule has 0 aliphatic carbocycles. The van der Waals surface area contributed by atoms with Gasteiger partial charge in [-0.25, -0.2) is 8.78 Å². The van der Waals surface area contributed by atoms with Crippen molar-refractivity contribution in [3.63, 3.8) is 0 Å². The Bertz CT molecular complexity index is 1540. The molecule has 0 saturated heterocycles. The number of amides is 2. The Labute approximate surface area is 209 Å². The average molecular weight is 505 g/mol. The summed E-state index contributed by atoms with van der Waals surface area (Å²) in [6.07, 6.45) is 2.18. The highest BCUT2D eigenvalue weighted by Crippen LogP contribution is 2.43. The first kappa shape index (κ1) is 25.2. The first-order chi connectivity index (χ1) is 17.8. The van der Waals surface area contributed by atoms with E-state index < -0.39 is 39.6 Å². The van der Waals surface area contributed by atoms with E-state index in [2.05, 4.69) is 17.2 Å². The van der Waals surface area contributed by atoms with Crippen LogP contribution in [0.2, 0.25) is 0 Å². The number of furan rings is 1. The lowest BCUT2D eigenvalue weighted by Gasteiger charge is -2.09. The zero-order valence-corrected chi connectivity index (χ0v) is 19.6. The number of hydrogen-bond donors (Lipinski definition) is 2. The quantitative estimate of drug-likeness (QED) is 0.140. The van der Waals surface area contributed by atoms with Crippen LogP contribution >= 0.6 is 0 Å². The molecular formula is C27H21F2N3O5. The van der Waals surface area contributed by atoms with Crippen LogP contribution in [-0.2, 0) is 0 Å². The highest BCUT2D eigenvalue weighted by molar-refractivity contribution is 6.13. The summed E-state index contributed by atoms with van der Waals surface area (Å²) in [4.78, 5) is 36.5. The molecule has 0 aliphatic rings. The molecule has 0 fully saturated rings. The molecule has 2 amide bonds. The number of nitrogens with zero attached hydrogens (tertiary/aromatic N) is 1. The van der Waals surface area contributed by atoms with Crippen LogP contribution < -0.4 is 10.6 Å². The molecule has 37 heavy (non-hydrogen) atoms. The Kier molecular flexibility index (Phi) is 7.10. The predicted molar refractivity (Wildman–Crippen MR) is 134 cm³/mol. The molecule has 0 saturated carbocycles. The molecular weight excluding hydrogens is 484 g/mol. The van der Waals surface area contributed by atoms with Gasteiger partial charge in [-0.2, -0.15) is 0 Å². The number of rotatable bonds is 8. The first-order valence-corrected chi connectivity index (χ1v) is 11.2. The normalized spacial score (nSPS) is 10.8. The van der Waals surface area contributed by atoms with Gasteiger partial charge < -0.3 is 15.1 Å². The molecule has 10 heteroatoms. The lowest BCUT2D eigenvalue weighted by Crippen LogP contribution is -2.24. The number of hydrogen-bond acceptors (Lipinski definition) is 5. The average Bonchev–Trinajstić information content (AvgIpc) is 3.28. The molecule has 1 aromatic heterocycles. The summed E-state index contributed by atoms with van der Waals surface area (Å²) in [6, 6.07) is 11.8. The van der Waals surface area contributed by atoms with Gasteiger partial charge >= 0.3 is 0 Å². The maximum atomic E-state index is 16.2. The van der Waals surface area contributed by atoms with Crippen molar-refractivity contribution in [2.45, 2.75) is 6.42 Å². The summed E-state index contributed by atoms with van der Waals surface area (Å²) in [5.74, 6) is -2.81. The summed E-state index contributed by atoms with van der Waals surface area (Å²) in [5.41, 5.74) is -0.943. The van der Waals surface area contributed by atoms with E-state index >= 15 is 4.39 Å². The second-order valence-corrected chi connectivity index (χ2v) is 8.02. The van der Waals surface area contributed by atoms with Crippen LogP contribution in [0.1, 0.15) is 27.1 Å². The van der Waals surface area contributed by atoms with Crippen LogP contribution in [0.15, 0.2) is 71.7 Å². The molecule has 0 spiro atoms. The van der Waals surface area contributed by atoms with E-state index in [0.29, 0.717) is 13.0 Å². The topological polar surface area (TPSA) is 114 Å². The lowest BCUT2D eigenvalue weighted by atomic mass is 9.96. The van der Waals surface area contributed by atoms with E-state index in [1.165, 1.54) is 43.4 Å². The van der Waals surface area contributed by atoms with Crippen molar-refractivity contribution in [3.05, 3.63) is 100 Å². The molecule has 1 heterocycles. The Morgan fingerprint density at radius 2 is 1.81 bits per heavy atom. The number of nitrogens with one attached hydrogen (secondary N) is 2. The summed E-state index contributed by atoms with van der Waals surface area (Å²) < 4.78 is 35.4. The van der Waals surface area contributed by atoms with Gasteiger partial charge in [0.15, 0.2) is 0 Å². The van der Waals surface area contributed by atoms with Crippen molar-refractivity contribution in [3.8, 4) is 22.5 Å². The van der Waals surface area contributed by atoms with Crippen LogP contribution in [0, 0.1) is 21.7 Å². The van der Waals surface area contributed by atoms with E-state index in [-0.39, 0.29) is 39.0 Å². The van der Waals surface area contributed by atoms with E-state index in [9.17, 15) is 24.1 Å². The van der Waals surface area contributed by atoms with E-state index in [1.54, 1.807) is 6.08 Å². The van der Waals surface area contributed by atoms with Gasteiger partial charge in [0.25, 0.3) is 17.5 Å². The fraction of sp³-hybridized carbons (Fsp3) is 0.111. The molecule has 2 N–H and O–H groups in total. The third kappa shape index (κ3) is 4.81. The maximum absolute atomic E-state index is 16.2. The Hall–Kier alpha value is -4.86. The fourth-order valence-corrected chi connectivity index (χ4v) is 3.97. The zero-order valence-electron chi connectivity index (χ0n) is 19.6. The minimum atomic E-state index is -1.07. The van der Waals surface area contributed by atoms with Gasteiger partial charge in [-0.3, -0.25) is 19.7 Å². The van der Waals surface area contributed by atoms with E-state index in [4.69, 9.17) is 4.42 Å². The monoisotopic (exact) mass is 505 g/mol. The van der Waals surface area contributed by atoms with Crippen LogP contribution in [0.4, 0.5) is 14.5 Å². The predicted octanol–water partition coefficient (Wildman–Crippen LogP) is 5.62. The SMILES string of the molecule is C=CCCNC(=O)c1cccc(-c2c([N+](=O)[O-])cc3oc(-c4ccc(F)cc4)c(C(=O)NC)c3c2F)c1. The molecule has 0 atom stereocenters. The van der Waals surface area contributed by atoms with Crippen LogP contribution in [0.25, 0.3) is 33.4 Å². The van der Waals surface area contributed by atoms with Gasteiger partial charge in [0.1, 0.15) is 23.0 Å². The maximum Gasteiger partial charge on any atom is 0.283 e. The second kappa shape index (κ2) is 10.4. The Balaban J connectivity index is 1.97. The molecule has 0 bridgehead atoms. The molecule has 188 valence electrons. The largest absolute Gasteiger partial charge is 0.455 e. The summed E-state index contributed by atoms with van der Waals surface area (Å²) in [6.45, 7) is 3.92. The van der Waals surface area contributed by atoms with Crippen molar-refractivity contribution >= 4 is 28.5 Å². The number of carbonyl (C=O) groups excluding carboxylic acids is 2. The van der Waals surface area contributed by atoms with E-state index in [1.807, 2.05) is 0 Å². The van der Waals surface area contributed by atoms with Crippen molar-refractivity contribution < 1.29 is 27.7 Å². The number of fused-ring (bicyclic) bond motifs is 1. The fourth-order valence-electron chi connectivity index (χ4n) is 3.97. The first-order valence-electron chi connectivity index (χ1n) is 11.2. The molecule has 0 unspecified atom stereocenters. The highest BCUT2D eigenvalue weighted by Gasteiger charge is 2.31. The van der Waals surface area contributed by atoms with Gasteiger partial charge in [-0.15, -0.1) is 6.58 Å². The summed E-state index contributed by atoms with van der Waals surface area (Å²) in [5, 5.41) is 16.8. The van der Waals surface area contributed by atoms with Crippen LogP contribution in [-0.4, -0.2) is 30.3 Å². The van der Waals surface area contributed by atoms with Crippen molar-refractivity contribution in [2.24, 2.45) is 0 Å². The Morgan fingerprint density at radius 3 is 2.46 bits per heavy atom. The molecule has 4 rings (SSSR count). The molecule has 3 aromatic carbocycles. The standard InChI is InChI=1S/C27H21F2N3O5/c1-3-4-12-31-26(33)17-7-5-6-16(13-17)21-19(32(35)36)14-20-22(24(21)29)23(27(34)30-2)25(37-20)15-8-10-18(28)11-9-15/h3,5-11,13-14H,1,4,12H2,2H3,(H,30,34)(H,31,33). The second-order valence-electron chi connectivity index (χ2n) is 8.02. The zero-order chi connectivity index (χ0) is 26.7. The van der Waals surface area contributed by atoms with Crippen LogP contribution in [0.5, 0.6) is 0 Å². The molecule has 0 radical (unpaired) electrons. The van der Waals surface area contributed by atoms with Gasteiger partial charge in [0, 0.05) is 24.7 Å². The third-order valence-electron chi connectivity index (χ3n) is 5.70. The number of benzene rings is 3. The number of halogens is 2. The van der Waals surface area contributed by atoms with Crippen molar-refractivity contribution in [2.75, 3.05) is 13.6 Å². The van der Waals surface area contributed by atoms with Gasteiger partial charge in [0.05, 0.1) is 27.5 Å². The minimum Gasteiger partial charge on any atom is -0.455 e. The van der Waals surface area contributed by atoms with Crippen LogP contribution in [0.3, 0.4) is 0 Å². The minimum absolute atomic E-state index is 0.0647. The highest BCUT2D eigenvalue weighted by atomic mass is 19.1. The smallest absolute Gasteiger partial charge is 0.283 e. The summed E-state index contributed by atoms with van der Waals surface area (Å²) in [7, 11) is 1.34. The van der Waals surface area contributed by atoms with Crippen molar-refractivity contribution in [1.82, 2.24) is 10.6 Å². The van der Waals surface area contributed by atoms with Gasteiger partial charge in [-0.1, -0.05) is 18.2 Å².